The van der Waals surface area contributed by atoms with Gasteiger partial charge in [-0.1, -0.05) is 121 Å². The molecule has 0 atom stereocenters. The number of benzene rings is 6. The van der Waals surface area contributed by atoms with E-state index in [-0.39, 0.29) is 0 Å². The Kier molecular flexibility index (Phi) is 6.51. The number of pyridine rings is 2. The number of aromatic nitrogens is 2. The minimum absolute atomic E-state index is 0.905. The van der Waals surface area contributed by atoms with E-state index < -0.39 is 0 Å². The maximum Gasteiger partial charge on any atom is 0.230 e. The second-order valence-electron chi connectivity index (χ2n) is 11.1. The molecule has 2 heteroatoms. The summed E-state index contributed by atoms with van der Waals surface area (Å²) in [7, 11) is 0. The van der Waals surface area contributed by atoms with Crippen molar-refractivity contribution < 1.29 is 4.98 Å². The average Bonchev–Trinajstić information content (AvgIpc) is 3.10. The number of nitrogens with one attached hydrogen (secondary N) is 1. The van der Waals surface area contributed by atoms with Gasteiger partial charge in [-0.3, -0.25) is 0 Å². The van der Waals surface area contributed by atoms with Crippen LogP contribution in [0.3, 0.4) is 0 Å². The van der Waals surface area contributed by atoms with Crippen LogP contribution in [0.15, 0.2) is 146 Å². The minimum atomic E-state index is 0.905. The van der Waals surface area contributed by atoms with E-state index in [1.807, 2.05) is 12.4 Å². The highest BCUT2D eigenvalue weighted by Gasteiger charge is 2.09. The molecular weight excluding hydrogens is 532 g/mol. The van der Waals surface area contributed by atoms with Crippen LogP contribution in [0.1, 0.15) is 22.3 Å². The first kappa shape index (κ1) is 25.8. The fourth-order valence-electron chi connectivity index (χ4n) is 6.25. The van der Waals surface area contributed by atoms with Crippen molar-refractivity contribution in [3.8, 4) is 11.4 Å². The molecule has 0 radical (unpaired) electrons. The highest BCUT2D eigenvalue weighted by atomic mass is 14.8. The SMILES string of the molecule is C(=C\c1cc2ccccc2c2ccccc12)/c1ccnc(-c2cc(/C=C/c3cc4ccccc4c4ccccc34)cc[nH+]2)c1. The van der Waals surface area contributed by atoms with E-state index in [2.05, 4.69) is 163 Å². The van der Waals surface area contributed by atoms with Crippen LogP contribution in [0.5, 0.6) is 0 Å². The topological polar surface area (TPSA) is 27.0 Å². The van der Waals surface area contributed by atoms with E-state index in [9.17, 15) is 0 Å². The molecule has 6 aromatic carbocycles. The number of hydrogen-bond donors (Lipinski definition) is 0. The summed E-state index contributed by atoms with van der Waals surface area (Å²) in [6.07, 6.45) is 12.7. The third-order valence-electron chi connectivity index (χ3n) is 8.40. The van der Waals surface area contributed by atoms with Gasteiger partial charge in [-0.15, -0.1) is 0 Å². The normalized spacial score (nSPS) is 11.9. The van der Waals surface area contributed by atoms with Crippen LogP contribution >= 0.6 is 0 Å². The predicted octanol–water partition coefficient (Wildman–Crippen LogP) is 10.5. The number of rotatable bonds is 5. The molecule has 0 spiro atoms. The Labute approximate surface area is 256 Å². The Morgan fingerprint density at radius 3 is 1.52 bits per heavy atom. The molecule has 0 aliphatic carbocycles. The van der Waals surface area contributed by atoms with Gasteiger partial charge in [0.25, 0.3) is 0 Å². The van der Waals surface area contributed by atoms with Gasteiger partial charge in [-0.2, -0.15) is 0 Å². The molecule has 0 saturated heterocycles. The van der Waals surface area contributed by atoms with E-state index in [4.69, 9.17) is 4.98 Å². The van der Waals surface area contributed by atoms with E-state index in [1.165, 1.54) is 54.2 Å². The van der Waals surface area contributed by atoms with Crippen LogP contribution in [-0.4, -0.2) is 4.98 Å². The van der Waals surface area contributed by atoms with Crippen molar-refractivity contribution in [1.29, 1.82) is 0 Å². The molecule has 0 bridgehead atoms. The quantitative estimate of drug-likeness (QED) is 0.192. The largest absolute Gasteiger partial charge is 0.250 e. The molecule has 0 amide bonds. The lowest BCUT2D eigenvalue weighted by atomic mass is 9.96. The van der Waals surface area contributed by atoms with Crippen molar-refractivity contribution in [2.75, 3.05) is 0 Å². The van der Waals surface area contributed by atoms with Gasteiger partial charge in [0, 0.05) is 18.3 Å². The van der Waals surface area contributed by atoms with Gasteiger partial charge < -0.3 is 0 Å². The van der Waals surface area contributed by atoms with Gasteiger partial charge in [0.15, 0.2) is 6.20 Å². The highest BCUT2D eigenvalue weighted by molar-refractivity contribution is 6.12. The Bertz CT molecular complexity index is 2230. The molecule has 2 heterocycles. The summed E-state index contributed by atoms with van der Waals surface area (Å²) < 4.78 is 0. The first-order valence-corrected chi connectivity index (χ1v) is 15.0. The van der Waals surface area contributed by atoms with Crippen molar-refractivity contribution in [3.05, 3.63) is 168 Å². The molecule has 2 aromatic heterocycles. The van der Waals surface area contributed by atoms with Crippen molar-refractivity contribution in [2.24, 2.45) is 0 Å². The predicted molar refractivity (Wildman–Crippen MR) is 187 cm³/mol. The molecule has 0 fully saturated rings. The van der Waals surface area contributed by atoms with Crippen LogP contribution in [0, 0.1) is 0 Å². The summed E-state index contributed by atoms with van der Waals surface area (Å²) in [5.41, 5.74) is 6.51. The second-order valence-corrected chi connectivity index (χ2v) is 11.1. The summed E-state index contributed by atoms with van der Waals surface area (Å²) in [6, 6.07) is 47.4. The van der Waals surface area contributed by atoms with E-state index in [1.54, 1.807) is 0 Å². The number of aromatic amines is 1. The smallest absolute Gasteiger partial charge is 0.230 e. The lowest BCUT2D eigenvalue weighted by Gasteiger charge is -2.08. The number of H-pyrrole nitrogens is 1. The van der Waals surface area contributed by atoms with Crippen LogP contribution in [0.4, 0.5) is 0 Å². The lowest BCUT2D eigenvalue weighted by Crippen LogP contribution is -2.06. The summed E-state index contributed by atoms with van der Waals surface area (Å²) in [4.78, 5) is 8.10. The monoisotopic (exact) mass is 561 g/mol. The molecule has 1 N–H and O–H groups in total. The molecule has 8 aromatic rings. The highest BCUT2D eigenvalue weighted by Crippen LogP contribution is 2.31. The van der Waals surface area contributed by atoms with E-state index >= 15 is 0 Å². The summed E-state index contributed by atoms with van der Waals surface area (Å²) in [6.45, 7) is 0. The Hall–Kier alpha value is -5.86. The summed E-state index contributed by atoms with van der Waals surface area (Å²) in [5.74, 6) is 0. The minimum Gasteiger partial charge on any atom is -0.250 e. The maximum absolute atomic E-state index is 4.70. The van der Waals surface area contributed by atoms with Crippen LogP contribution in [-0.2, 0) is 0 Å². The average molecular weight is 562 g/mol. The van der Waals surface area contributed by atoms with Gasteiger partial charge in [0.05, 0.1) is 0 Å². The van der Waals surface area contributed by atoms with Crippen LogP contribution in [0.2, 0.25) is 0 Å². The van der Waals surface area contributed by atoms with Crippen molar-refractivity contribution >= 4 is 67.4 Å². The molecule has 8 rings (SSSR count). The van der Waals surface area contributed by atoms with Gasteiger partial charge in [0.2, 0.25) is 5.69 Å². The van der Waals surface area contributed by atoms with E-state index in [0.717, 1.165) is 22.5 Å². The number of fused-ring (bicyclic) bond motifs is 6. The molecule has 0 aliphatic heterocycles. The molecule has 44 heavy (non-hydrogen) atoms. The Balaban J connectivity index is 1.11. The molecule has 0 aliphatic rings. The standard InChI is InChI=1S/C42H28N2/c1-3-11-35-31(9-1)27-33(37-13-5-7-15-39(35)37)19-17-29-21-23-43-41(25-29)42-26-30(22-24-44-42)18-20-34-28-32-10-2-4-12-36(32)40-16-8-6-14-38(34)40/h1-28H/p+1/b19-17+,20-18+. The number of hydrogen-bond acceptors (Lipinski definition) is 1. The molecule has 2 nitrogen and oxygen atoms in total. The molecular formula is C42H29N2+. The first-order chi connectivity index (χ1) is 21.8. The third kappa shape index (κ3) is 4.83. The second kappa shape index (κ2) is 11.1. The molecule has 206 valence electrons. The first-order valence-electron chi connectivity index (χ1n) is 15.0. The van der Waals surface area contributed by atoms with Gasteiger partial charge >= 0.3 is 0 Å². The third-order valence-corrected chi connectivity index (χ3v) is 8.40. The van der Waals surface area contributed by atoms with Gasteiger partial charge in [-0.25, -0.2) is 9.97 Å². The van der Waals surface area contributed by atoms with Crippen LogP contribution < -0.4 is 4.98 Å². The van der Waals surface area contributed by atoms with E-state index in [0.29, 0.717) is 0 Å². The Morgan fingerprint density at radius 2 is 0.932 bits per heavy atom. The zero-order chi connectivity index (χ0) is 29.3. The summed E-state index contributed by atoms with van der Waals surface area (Å²) >= 11 is 0. The van der Waals surface area contributed by atoms with Crippen LogP contribution in [0.25, 0.3) is 78.8 Å². The lowest BCUT2D eigenvalue weighted by molar-refractivity contribution is -0.364. The molecule has 0 saturated carbocycles. The number of nitrogens with zero attached hydrogens (tertiary/aromatic N) is 1. The van der Waals surface area contributed by atoms with Gasteiger partial charge in [-0.05, 0) is 89.6 Å². The Morgan fingerprint density at radius 1 is 0.432 bits per heavy atom. The van der Waals surface area contributed by atoms with Gasteiger partial charge in [0.1, 0.15) is 5.69 Å². The molecule has 0 unspecified atom stereocenters. The van der Waals surface area contributed by atoms with Crippen molar-refractivity contribution in [2.45, 2.75) is 0 Å². The fraction of sp³-hybridized carbons (Fsp3) is 0. The zero-order valence-corrected chi connectivity index (χ0v) is 24.1. The summed E-state index contributed by atoms with van der Waals surface area (Å²) in [5, 5.41) is 10.1. The zero-order valence-electron chi connectivity index (χ0n) is 24.1. The maximum atomic E-state index is 4.70. The fourth-order valence-corrected chi connectivity index (χ4v) is 6.25. The van der Waals surface area contributed by atoms with Crippen molar-refractivity contribution in [1.82, 2.24) is 4.98 Å². The van der Waals surface area contributed by atoms with Crippen molar-refractivity contribution in [3.63, 3.8) is 0 Å².